The summed E-state index contributed by atoms with van der Waals surface area (Å²) in [7, 11) is 0. The first-order valence-corrected chi connectivity index (χ1v) is 11.9. The number of nitrogens with one attached hydrogen (secondary N) is 1. The van der Waals surface area contributed by atoms with Crippen molar-refractivity contribution >= 4 is 22.8 Å². The molecule has 1 aliphatic rings. The van der Waals surface area contributed by atoms with Gasteiger partial charge in [0.05, 0.1) is 42.8 Å². The third-order valence-electron chi connectivity index (χ3n) is 6.49. The number of ether oxygens (including phenoxy) is 1. The van der Waals surface area contributed by atoms with Crippen LogP contribution < -0.4 is 16.6 Å². The van der Waals surface area contributed by atoms with E-state index in [0.717, 1.165) is 5.56 Å². The molecule has 2 N–H and O–H groups in total. The highest BCUT2D eigenvalue weighted by Gasteiger charge is 2.19. The highest BCUT2D eigenvalue weighted by Crippen LogP contribution is 2.13. The fraction of sp³-hybridized carbons (Fsp3) is 0.214. The van der Waals surface area contributed by atoms with E-state index in [4.69, 9.17) is 9.84 Å². The molecule has 0 saturated carbocycles. The number of aromatic carboxylic acids is 1. The zero-order valence-electron chi connectivity index (χ0n) is 19.9. The summed E-state index contributed by atoms with van der Waals surface area (Å²) in [5.74, 6) is -0.864. The zero-order valence-corrected chi connectivity index (χ0v) is 19.9. The summed E-state index contributed by atoms with van der Waals surface area (Å²) in [6.45, 7) is 2.09. The number of para-hydroxylation sites is 1. The monoisotopic (exact) mass is 499 g/mol. The van der Waals surface area contributed by atoms with Crippen LogP contribution in [-0.4, -0.2) is 45.9 Å². The quantitative estimate of drug-likeness (QED) is 0.384. The second-order valence-electron chi connectivity index (χ2n) is 9.09. The maximum atomic E-state index is 13.5. The van der Waals surface area contributed by atoms with Crippen LogP contribution in [0.5, 0.6) is 0 Å². The second-order valence-corrected chi connectivity index (χ2v) is 9.09. The summed E-state index contributed by atoms with van der Waals surface area (Å²) in [5, 5.41) is 12.4. The van der Waals surface area contributed by atoms with Gasteiger partial charge in [0.15, 0.2) is 0 Å². The van der Waals surface area contributed by atoms with Crippen molar-refractivity contribution in [3.05, 3.63) is 116 Å². The minimum absolute atomic E-state index is 0.0434. The van der Waals surface area contributed by atoms with Gasteiger partial charge in [0.2, 0.25) is 0 Å². The van der Waals surface area contributed by atoms with Gasteiger partial charge in [0.1, 0.15) is 0 Å². The van der Waals surface area contributed by atoms with Gasteiger partial charge in [-0.25, -0.2) is 9.59 Å². The summed E-state index contributed by atoms with van der Waals surface area (Å²) >= 11 is 0. The van der Waals surface area contributed by atoms with Crippen LogP contribution in [0, 0.1) is 5.92 Å². The van der Waals surface area contributed by atoms with Crippen molar-refractivity contribution in [2.45, 2.75) is 13.1 Å². The SMILES string of the molecule is O=C(O)c1ccc(Cn2c(=O)n(Cc3ccc(C(=O)NCC4COC4)cc3)c(=O)c3ccccc32)cc1. The average Bonchev–Trinajstić information content (AvgIpc) is 2.88. The van der Waals surface area contributed by atoms with Gasteiger partial charge in [0, 0.05) is 18.0 Å². The van der Waals surface area contributed by atoms with Crippen LogP contribution in [0.2, 0.25) is 0 Å². The Hall–Kier alpha value is -4.50. The molecule has 0 atom stereocenters. The van der Waals surface area contributed by atoms with Gasteiger partial charge in [-0.2, -0.15) is 0 Å². The molecular weight excluding hydrogens is 474 g/mol. The molecule has 5 rings (SSSR count). The standard InChI is InChI=1S/C28H25N3O6/c32-25(29-13-20-16-37-17-20)21-9-5-19(6-10-21)15-31-26(33)23-3-1-2-4-24(23)30(28(31)36)14-18-7-11-22(12-8-18)27(34)35/h1-12,20H,13-17H2,(H,29,32)(H,34,35). The van der Waals surface area contributed by atoms with E-state index < -0.39 is 17.2 Å². The maximum absolute atomic E-state index is 13.5. The number of aromatic nitrogens is 2. The molecule has 9 nitrogen and oxygen atoms in total. The molecule has 4 aromatic rings. The summed E-state index contributed by atoms with van der Waals surface area (Å²) in [6.07, 6.45) is 0. The number of nitrogens with zero attached hydrogens (tertiary/aromatic N) is 2. The molecule has 1 amide bonds. The largest absolute Gasteiger partial charge is 0.478 e. The molecule has 188 valence electrons. The van der Waals surface area contributed by atoms with Gasteiger partial charge < -0.3 is 15.2 Å². The summed E-state index contributed by atoms with van der Waals surface area (Å²) in [5.41, 5.74) is 1.71. The highest BCUT2D eigenvalue weighted by molar-refractivity contribution is 5.94. The van der Waals surface area contributed by atoms with Gasteiger partial charge in [-0.1, -0.05) is 36.4 Å². The van der Waals surface area contributed by atoms with Crippen molar-refractivity contribution < 1.29 is 19.4 Å². The van der Waals surface area contributed by atoms with Crippen LogP contribution in [0.15, 0.2) is 82.4 Å². The Bertz CT molecular complexity index is 1580. The maximum Gasteiger partial charge on any atom is 0.335 e. The third kappa shape index (κ3) is 5.07. The van der Waals surface area contributed by atoms with Crippen molar-refractivity contribution in [2.24, 2.45) is 5.92 Å². The molecule has 1 aromatic heterocycles. The second kappa shape index (κ2) is 10.2. The molecule has 1 aliphatic heterocycles. The summed E-state index contributed by atoms with van der Waals surface area (Å²) in [6, 6.07) is 20.0. The molecule has 0 bridgehead atoms. The molecule has 2 heterocycles. The molecular formula is C28H25N3O6. The summed E-state index contributed by atoms with van der Waals surface area (Å²) in [4.78, 5) is 50.3. The van der Waals surface area contributed by atoms with Gasteiger partial charge in [-0.05, 0) is 47.5 Å². The van der Waals surface area contributed by atoms with E-state index in [1.165, 1.54) is 21.3 Å². The van der Waals surface area contributed by atoms with Crippen molar-refractivity contribution in [3.8, 4) is 0 Å². The molecule has 0 unspecified atom stereocenters. The Balaban J connectivity index is 1.43. The van der Waals surface area contributed by atoms with Crippen molar-refractivity contribution in [1.29, 1.82) is 0 Å². The molecule has 0 spiro atoms. The Morgan fingerprint density at radius 3 is 2.03 bits per heavy atom. The van der Waals surface area contributed by atoms with Gasteiger partial charge in [-0.15, -0.1) is 0 Å². The number of hydrogen-bond donors (Lipinski definition) is 2. The number of benzene rings is 3. The van der Waals surface area contributed by atoms with E-state index in [9.17, 15) is 19.2 Å². The number of amides is 1. The number of hydrogen-bond acceptors (Lipinski definition) is 5. The minimum atomic E-state index is -1.03. The van der Waals surface area contributed by atoms with Crippen LogP contribution >= 0.6 is 0 Å². The molecule has 1 saturated heterocycles. The predicted molar refractivity (Wildman–Crippen MR) is 137 cm³/mol. The third-order valence-corrected chi connectivity index (χ3v) is 6.49. The molecule has 3 aromatic carbocycles. The normalized spacial score (nSPS) is 13.3. The van der Waals surface area contributed by atoms with Crippen molar-refractivity contribution in [1.82, 2.24) is 14.5 Å². The number of fused-ring (bicyclic) bond motifs is 1. The van der Waals surface area contributed by atoms with Gasteiger partial charge in [-0.3, -0.25) is 18.7 Å². The fourth-order valence-electron chi connectivity index (χ4n) is 4.28. The summed E-state index contributed by atoms with van der Waals surface area (Å²) < 4.78 is 7.81. The Labute approximate surface area is 211 Å². The lowest BCUT2D eigenvalue weighted by molar-refractivity contribution is -0.0298. The number of carbonyl (C=O) groups is 2. The Kier molecular flexibility index (Phi) is 6.70. The van der Waals surface area contributed by atoms with Crippen molar-refractivity contribution in [3.63, 3.8) is 0 Å². The zero-order chi connectivity index (χ0) is 25.9. The first-order valence-electron chi connectivity index (χ1n) is 11.9. The van der Waals surface area contributed by atoms with Crippen LogP contribution in [0.25, 0.3) is 10.9 Å². The van der Waals surface area contributed by atoms with E-state index in [-0.39, 0.29) is 24.6 Å². The lowest BCUT2D eigenvalue weighted by Crippen LogP contribution is -2.40. The number of carbonyl (C=O) groups excluding carboxylic acids is 1. The van der Waals surface area contributed by atoms with Crippen LogP contribution in [0.1, 0.15) is 31.8 Å². The fourth-order valence-corrected chi connectivity index (χ4v) is 4.28. The molecule has 9 heteroatoms. The number of carboxylic acid groups (broad SMARTS) is 1. The smallest absolute Gasteiger partial charge is 0.335 e. The van der Waals surface area contributed by atoms with Crippen LogP contribution in [0.4, 0.5) is 0 Å². The van der Waals surface area contributed by atoms with E-state index in [2.05, 4.69) is 5.32 Å². The Morgan fingerprint density at radius 1 is 0.838 bits per heavy atom. The van der Waals surface area contributed by atoms with Crippen LogP contribution in [0.3, 0.4) is 0 Å². The van der Waals surface area contributed by atoms with E-state index in [0.29, 0.717) is 47.7 Å². The van der Waals surface area contributed by atoms with E-state index >= 15 is 0 Å². The molecule has 37 heavy (non-hydrogen) atoms. The van der Waals surface area contributed by atoms with Crippen molar-refractivity contribution in [2.75, 3.05) is 19.8 Å². The number of carboxylic acids is 1. The first-order chi connectivity index (χ1) is 17.9. The number of rotatable bonds is 8. The minimum Gasteiger partial charge on any atom is -0.478 e. The topological polar surface area (TPSA) is 120 Å². The van der Waals surface area contributed by atoms with Gasteiger partial charge in [0.25, 0.3) is 11.5 Å². The molecule has 0 radical (unpaired) electrons. The highest BCUT2D eigenvalue weighted by atomic mass is 16.5. The van der Waals surface area contributed by atoms with E-state index in [1.54, 1.807) is 60.7 Å². The molecule has 1 fully saturated rings. The van der Waals surface area contributed by atoms with Crippen LogP contribution in [-0.2, 0) is 17.8 Å². The van der Waals surface area contributed by atoms with E-state index in [1.807, 2.05) is 0 Å². The molecule has 0 aliphatic carbocycles. The first kappa shape index (κ1) is 24.2. The average molecular weight is 500 g/mol. The lowest BCUT2D eigenvalue weighted by Gasteiger charge is -2.25. The van der Waals surface area contributed by atoms with Gasteiger partial charge >= 0.3 is 11.7 Å². The lowest BCUT2D eigenvalue weighted by atomic mass is 10.1. The Morgan fingerprint density at radius 2 is 1.43 bits per heavy atom. The predicted octanol–water partition coefficient (Wildman–Crippen LogP) is 2.33.